The number of nitrogens with two attached hydrogens (primary N) is 1. The Morgan fingerprint density at radius 2 is 2.10 bits per heavy atom. The normalized spacial score (nSPS) is 13.7. The van der Waals surface area contributed by atoms with Crippen molar-refractivity contribution in [1.82, 2.24) is 5.32 Å². The average molecular weight is 292 g/mol. The smallest absolute Gasteiger partial charge is 0.236 e. The Balaban J connectivity index is 2.66. The van der Waals surface area contributed by atoms with Crippen LogP contribution in [0.2, 0.25) is 0 Å². The van der Waals surface area contributed by atoms with Crippen LogP contribution in [-0.4, -0.2) is 23.6 Å². The van der Waals surface area contributed by atoms with Gasteiger partial charge in [0.25, 0.3) is 0 Å². The number of unbranched alkanes of at least 4 members (excludes halogenated alkanes) is 1. The van der Waals surface area contributed by atoms with Crippen LogP contribution < -0.4 is 11.1 Å². The lowest BCUT2D eigenvalue weighted by Crippen LogP contribution is -2.41. The summed E-state index contributed by atoms with van der Waals surface area (Å²) in [5, 5.41) is 12.4. The van der Waals surface area contributed by atoms with Crippen LogP contribution in [0.15, 0.2) is 18.2 Å². The topological polar surface area (TPSA) is 75.4 Å². The van der Waals surface area contributed by atoms with Crippen molar-refractivity contribution in [3.8, 4) is 5.75 Å². The summed E-state index contributed by atoms with van der Waals surface area (Å²) in [6, 6.07) is 4.89. The van der Waals surface area contributed by atoms with Crippen LogP contribution in [-0.2, 0) is 4.79 Å². The Morgan fingerprint density at radius 1 is 1.38 bits per heavy atom. The standard InChI is InChI=1S/C17H28N2O2/c1-4-6-9-19-17(21)16(18)11-13(5-2)15-8-7-14(20)10-12(15)3/h7-8,10,13,16,20H,4-6,9,11,18H2,1-3H3,(H,19,21)/t13-,16+/m0/s1. The minimum atomic E-state index is -0.486. The molecule has 0 saturated carbocycles. The van der Waals surface area contributed by atoms with Gasteiger partial charge in [-0.3, -0.25) is 4.79 Å². The molecule has 0 aliphatic rings. The van der Waals surface area contributed by atoms with E-state index in [1.807, 2.05) is 13.0 Å². The second-order valence-electron chi connectivity index (χ2n) is 5.63. The molecule has 2 atom stereocenters. The third-order valence-electron chi connectivity index (χ3n) is 3.89. The molecule has 1 rings (SSSR count). The Kier molecular flexibility index (Phi) is 7.23. The Bertz CT molecular complexity index is 460. The van der Waals surface area contributed by atoms with Crippen molar-refractivity contribution in [3.05, 3.63) is 29.3 Å². The maximum atomic E-state index is 12.0. The molecule has 0 radical (unpaired) electrons. The van der Waals surface area contributed by atoms with Gasteiger partial charge in [-0.2, -0.15) is 0 Å². The van der Waals surface area contributed by atoms with Gasteiger partial charge < -0.3 is 16.2 Å². The number of hydrogen-bond donors (Lipinski definition) is 3. The number of carbonyl (C=O) groups is 1. The average Bonchev–Trinajstić information content (AvgIpc) is 2.45. The van der Waals surface area contributed by atoms with E-state index >= 15 is 0 Å². The predicted molar refractivity (Wildman–Crippen MR) is 86.4 cm³/mol. The fourth-order valence-corrected chi connectivity index (χ4v) is 2.56. The van der Waals surface area contributed by atoms with Crippen molar-refractivity contribution in [2.75, 3.05) is 6.54 Å². The summed E-state index contributed by atoms with van der Waals surface area (Å²) >= 11 is 0. The molecule has 0 aliphatic carbocycles. The molecule has 0 fully saturated rings. The van der Waals surface area contributed by atoms with Crippen molar-refractivity contribution in [2.45, 2.75) is 58.4 Å². The lowest BCUT2D eigenvalue weighted by Gasteiger charge is -2.21. The van der Waals surface area contributed by atoms with E-state index in [9.17, 15) is 9.90 Å². The first-order valence-corrected chi connectivity index (χ1v) is 7.82. The number of nitrogens with one attached hydrogen (secondary N) is 1. The van der Waals surface area contributed by atoms with E-state index < -0.39 is 6.04 Å². The molecule has 0 aliphatic heterocycles. The van der Waals surface area contributed by atoms with E-state index in [1.54, 1.807) is 12.1 Å². The van der Waals surface area contributed by atoms with Gasteiger partial charge in [-0.15, -0.1) is 0 Å². The predicted octanol–water partition coefficient (Wildman–Crippen LogP) is 2.83. The number of aryl methyl sites for hydroxylation is 1. The number of phenols is 1. The monoisotopic (exact) mass is 292 g/mol. The van der Waals surface area contributed by atoms with Crippen LogP contribution >= 0.6 is 0 Å². The molecule has 1 amide bonds. The summed E-state index contributed by atoms with van der Waals surface area (Å²) in [7, 11) is 0. The van der Waals surface area contributed by atoms with Gasteiger partial charge in [0.15, 0.2) is 0 Å². The third-order valence-corrected chi connectivity index (χ3v) is 3.89. The van der Waals surface area contributed by atoms with E-state index in [4.69, 9.17) is 5.73 Å². The number of hydrogen-bond acceptors (Lipinski definition) is 3. The second-order valence-corrected chi connectivity index (χ2v) is 5.63. The van der Waals surface area contributed by atoms with E-state index in [0.29, 0.717) is 13.0 Å². The van der Waals surface area contributed by atoms with Crippen molar-refractivity contribution >= 4 is 5.91 Å². The van der Waals surface area contributed by atoms with E-state index in [-0.39, 0.29) is 17.6 Å². The van der Waals surface area contributed by atoms with Crippen LogP contribution in [0.3, 0.4) is 0 Å². The number of carbonyl (C=O) groups excluding carboxylic acids is 1. The van der Waals surface area contributed by atoms with Gasteiger partial charge in [0.1, 0.15) is 5.75 Å². The highest BCUT2D eigenvalue weighted by Gasteiger charge is 2.20. The zero-order valence-corrected chi connectivity index (χ0v) is 13.4. The Labute approximate surface area is 127 Å². The molecule has 4 heteroatoms. The van der Waals surface area contributed by atoms with Gasteiger partial charge in [0.2, 0.25) is 5.91 Å². The van der Waals surface area contributed by atoms with E-state index in [0.717, 1.165) is 30.4 Å². The van der Waals surface area contributed by atoms with Crippen molar-refractivity contribution in [3.63, 3.8) is 0 Å². The lowest BCUT2D eigenvalue weighted by molar-refractivity contribution is -0.122. The van der Waals surface area contributed by atoms with E-state index in [1.165, 1.54) is 0 Å². The minimum absolute atomic E-state index is 0.0710. The lowest BCUT2D eigenvalue weighted by atomic mass is 9.87. The first-order valence-electron chi connectivity index (χ1n) is 7.82. The molecule has 0 aromatic heterocycles. The number of rotatable bonds is 8. The summed E-state index contributed by atoms with van der Waals surface area (Å²) in [5.41, 5.74) is 8.23. The fourth-order valence-electron chi connectivity index (χ4n) is 2.56. The molecule has 118 valence electrons. The highest BCUT2D eigenvalue weighted by molar-refractivity contribution is 5.81. The van der Waals surface area contributed by atoms with Crippen molar-refractivity contribution in [1.29, 1.82) is 0 Å². The SMILES string of the molecule is CCCCNC(=O)[C@H](N)C[C@H](CC)c1ccc(O)cc1C. The first-order chi connectivity index (χ1) is 9.99. The van der Waals surface area contributed by atoms with Crippen molar-refractivity contribution < 1.29 is 9.90 Å². The minimum Gasteiger partial charge on any atom is -0.508 e. The van der Waals surface area contributed by atoms with Gasteiger partial charge in [0.05, 0.1) is 6.04 Å². The number of aromatic hydroxyl groups is 1. The zero-order valence-electron chi connectivity index (χ0n) is 13.4. The van der Waals surface area contributed by atoms with Crippen LogP contribution in [0.4, 0.5) is 0 Å². The molecule has 4 N–H and O–H groups in total. The first kappa shape index (κ1) is 17.5. The molecule has 0 bridgehead atoms. The fraction of sp³-hybridized carbons (Fsp3) is 0.588. The second kappa shape index (κ2) is 8.67. The van der Waals surface area contributed by atoms with Gasteiger partial charge in [-0.05, 0) is 55.4 Å². The quantitative estimate of drug-likeness (QED) is 0.645. The summed E-state index contributed by atoms with van der Waals surface area (Å²) in [6.07, 6.45) is 3.58. The van der Waals surface area contributed by atoms with Crippen LogP contribution in [0, 0.1) is 6.92 Å². The van der Waals surface area contributed by atoms with Crippen LogP contribution in [0.25, 0.3) is 0 Å². The number of amides is 1. The molecule has 0 saturated heterocycles. The van der Waals surface area contributed by atoms with Gasteiger partial charge >= 0.3 is 0 Å². The third kappa shape index (κ3) is 5.38. The molecule has 0 spiro atoms. The molecule has 1 aromatic rings. The van der Waals surface area contributed by atoms with Crippen LogP contribution in [0.1, 0.15) is 56.6 Å². The molecule has 21 heavy (non-hydrogen) atoms. The van der Waals surface area contributed by atoms with E-state index in [2.05, 4.69) is 19.2 Å². The largest absolute Gasteiger partial charge is 0.508 e. The van der Waals surface area contributed by atoms with Crippen molar-refractivity contribution in [2.24, 2.45) is 5.73 Å². The summed E-state index contributed by atoms with van der Waals surface area (Å²) in [6.45, 7) is 6.86. The number of benzene rings is 1. The highest BCUT2D eigenvalue weighted by atomic mass is 16.3. The molecule has 0 unspecified atom stereocenters. The van der Waals surface area contributed by atoms with Gasteiger partial charge in [-0.1, -0.05) is 26.3 Å². The Morgan fingerprint density at radius 3 is 2.67 bits per heavy atom. The molecule has 1 aromatic carbocycles. The molecular formula is C17H28N2O2. The summed E-state index contributed by atoms with van der Waals surface area (Å²) in [4.78, 5) is 12.0. The van der Waals surface area contributed by atoms with Gasteiger partial charge in [0, 0.05) is 6.54 Å². The van der Waals surface area contributed by atoms with Crippen LogP contribution in [0.5, 0.6) is 5.75 Å². The Hall–Kier alpha value is -1.55. The van der Waals surface area contributed by atoms with Gasteiger partial charge in [-0.25, -0.2) is 0 Å². The maximum absolute atomic E-state index is 12.0. The molecule has 4 nitrogen and oxygen atoms in total. The molecule has 0 heterocycles. The summed E-state index contributed by atoms with van der Waals surface area (Å²) in [5.74, 6) is 0.434. The maximum Gasteiger partial charge on any atom is 0.236 e. The summed E-state index contributed by atoms with van der Waals surface area (Å²) < 4.78 is 0. The number of phenolic OH excluding ortho intramolecular Hbond substituents is 1. The highest BCUT2D eigenvalue weighted by Crippen LogP contribution is 2.29. The molecular weight excluding hydrogens is 264 g/mol. The zero-order chi connectivity index (χ0) is 15.8.